The molecule has 1 saturated heterocycles. The highest BCUT2D eigenvalue weighted by Gasteiger charge is 2.30. The molecule has 1 fully saturated rings. The Morgan fingerprint density at radius 3 is 2.44 bits per heavy atom. The normalized spacial score (nSPS) is 15.9. The molecule has 6 nitrogen and oxygen atoms in total. The van der Waals surface area contributed by atoms with E-state index in [1.165, 1.54) is 10.4 Å². The Hall–Kier alpha value is -2.81. The minimum atomic E-state index is -0.407. The fraction of sp³-hybridized carbons (Fsp3) is 0.292. The zero-order valence-corrected chi connectivity index (χ0v) is 19.7. The van der Waals surface area contributed by atoms with Crippen LogP contribution in [-0.4, -0.2) is 47.0 Å². The number of hydrogen-bond acceptors (Lipinski definition) is 7. The Bertz CT molecular complexity index is 1240. The smallest absolute Gasteiger partial charge is 0.239 e. The molecule has 1 atom stereocenters. The molecule has 0 aliphatic carbocycles. The quantitative estimate of drug-likeness (QED) is 0.475. The Morgan fingerprint density at radius 1 is 1.03 bits per heavy atom. The van der Waals surface area contributed by atoms with Crippen molar-refractivity contribution in [2.45, 2.75) is 19.9 Å². The summed E-state index contributed by atoms with van der Waals surface area (Å²) in [5.41, 5.74) is 8.00. The Kier molecular flexibility index (Phi) is 5.67. The maximum Gasteiger partial charge on any atom is 0.239 e. The van der Waals surface area contributed by atoms with Crippen molar-refractivity contribution in [2.24, 2.45) is 5.73 Å². The highest BCUT2D eigenvalue weighted by Crippen LogP contribution is 2.38. The van der Waals surface area contributed by atoms with Crippen LogP contribution in [0.5, 0.6) is 0 Å². The van der Waals surface area contributed by atoms with E-state index < -0.39 is 6.04 Å². The molecule has 1 aromatic carbocycles. The fourth-order valence-electron chi connectivity index (χ4n) is 4.36. The minimum Gasteiger partial charge on any atom is -0.368 e. The number of amides is 1. The summed E-state index contributed by atoms with van der Waals surface area (Å²) < 4.78 is 0. The van der Waals surface area contributed by atoms with Gasteiger partial charge in [-0.3, -0.25) is 9.69 Å². The van der Waals surface area contributed by atoms with E-state index in [4.69, 9.17) is 15.7 Å². The van der Waals surface area contributed by atoms with Crippen LogP contribution in [0.3, 0.4) is 0 Å². The predicted octanol–water partition coefficient (Wildman–Crippen LogP) is 4.39. The van der Waals surface area contributed by atoms with Gasteiger partial charge in [-0.15, -0.1) is 22.7 Å². The zero-order valence-electron chi connectivity index (χ0n) is 18.1. The number of carbonyl (C=O) groups excluding carboxylic acids is 1. The number of nitrogens with zero attached hydrogens (tertiary/aromatic N) is 4. The molecular formula is C24H25N5OS2. The Labute approximate surface area is 195 Å². The number of nitrogens with two attached hydrogens (primary N) is 1. The number of benzene rings is 1. The lowest BCUT2D eigenvalue weighted by Crippen LogP contribution is -2.50. The number of rotatable bonds is 5. The lowest BCUT2D eigenvalue weighted by atomic mass is 10.0. The number of thiophene rings is 2. The first-order valence-corrected chi connectivity index (χ1v) is 12.4. The van der Waals surface area contributed by atoms with Crippen molar-refractivity contribution in [3.05, 3.63) is 63.8 Å². The Balaban J connectivity index is 1.46. The van der Waals surface area contributed by atoms with Crippen molar-refractivity contribution in [3.8, 4) is 10.7 Å². The average Bonchev–Trinajstić information content (AvgIpc) is 3.43. The molecule has 0 bridgehead atoms. The van der Waals surface area contributed by atoms with Crippen LogP contribution in [0.1, 0.15) is 22.0 Å². The van der Waals surface area contributed by atoms with Gasteiger partial charge in [-0.05, 0) is 36.4 Å². The third-order valence-electron chi connectivity index (χ3n) is 6.11. The first-order chi connectivity index (χ1) is 15.5. The summed E-state index contributed by atoms with van der Waals surface area (Å²) in [4.78, 5) is 30.1. The van der Waals surface area contributed by atoms with Gasteiger partial charge < -0.3 is 10.6 Å². The summed E-state index contributed by atoms with van der Waals surface area (Å²) in [5.74, 6) is 1.47. The lowest BCUT2D eigenvalue weighted by Gasteiger charge is -2.39. The topological polar surface area (TPSA) is 75.3 Å². The van der Waals surface area contributed by atoms with E-state index in [2.05, 4.69) is 35.1 Å². The number of carbonyl (C=O) groups is 1. The summed E-state index contributed by atoms with van der Waals surface area (Å²) >= 11 is 3.39. The fourth-order valence-corrected chi connectivity index (χ4v) is 6.04. The van der Waals surface area contributed by atoms with Crippen LogP contribution >= 0.6 is 22.7 Å². The zero-order chi connectivity index (χ0) is 22.2. The third kappa shape index (κ3) is 3.79. The van der Waals surface area contributed by atoms with Gasteiger partial charge in [0.1, 0.15) is 16.7 Å². The number of fused-ring (bicyclic) bond motifs is 1. The van der Waals surface area contributed by atoms with Gasteiger partial charge in [0.15, 0.2) is 5.82 Å². The standard InChI is InChI=1S/C24H25N5OS2/c1-15-16(2)32-24-19(15)23(26-22(27-24)18-9-6-14-31-18)29-12-10-28(11-13-29)20(21(25)30)17-7-4-3-5-8-17/h3-9,14,20H,10-13H2,1-2H3,(H2,25,30)/t20-/m0/s1. The SMILES string of the molecule is Cc1sc2nc(-c3cccs3)nc(N3CCN([C@H](C(N)=O)c4ccccc4)CC3)c2c1C. The molecule has 1 amide bonds. The maximum atomic E-state index is 12.3. The van der Waals surface area contributed by atoms with E-state index >= 15 is 0 Å². The second-order valence-corrected chi connectivity index (χ2v) is 10.2. The second kappa shape index (κ2) is 8.61. The summed E-state index contributed by atoms with van der Waals surface area (Å²) in [6.45, 7) is 7.34. The van der Waals surface area contributed by atoms with E-state index in [1.54, 1.807) is 22.7 Å². The highest BCUT2D eigenvalue weighted by molar-refractivity contribution is 7.19. The number of primary amides is 1. The number of anilines is 1. The molecule has 8 heteroatoms. The van der Waals surface area contributed by atoms with Gasteiger partial charge in [0.25, 0.3) is 0 Å². The van der Waals surface area contributed by atoms with E-state index in [9.17, 15) is 4.79 Å². The molecule has 3 aromatic heterocycles. The molecular weight excluding hydrogens is 438 g/mol. The summed E-state index contributed by atoms with van der Waals surface area (Å²) in [6.07, 6.45) is 0. The molecule has 32 heavy (non-hydrogen) atoms. The number of piperazine rings is 1. The van der Waals surface area contributed by atoms with Crippen LogP contribution in [-0.2, 0) is 4.79 Å². The van der Waals surface area contributed by atoms with Crippen LogP contribution in [0, 0.1) is 13.8 Å². The first-order valence-electron chi connectivity index (χ1n) is 10.7. The van der Waals surface area contributed by atoms with E-state index in [1.807, 2.05) is 36.4 Å². The van der Waals surface area contributed by atoms with Gasteiger partial charge in [-0.25, -0.2) is 9.97 Å². The molecule has 0 saturated carbocycles. The molecule has 1 aliphatic rings. The lowest BCUT2D eigenvalue weighted by molar-refractivity contribution is -0.123. The van der Waals surface area contributed by atoms with Gasteiger partial charge in [0.05, 0.1) is 10.3 Å². The van der Waals surface area contributed by atoms with Crippen molar-refractivity contribution < 1.29 is 4.79 Å². The minimum absolute atomic E-state index is 0.307. The molecule has 1 aliphatic heterocycles. The Morgan fingerprint density at radius 2 is 1.78 bits per heavy atom. The number of aromatic nitrogens is 2. The average molecular weight is 464 g/mol. The van der Waals surface area contributed by atoms with Gasteiger partial charge in [-0.1, -0.05) is 36.4 Å². The van der Waals surface area contributed by atoms with Crippen molar-refractivity contribution in [2.75, 3.05) is 31.1 Å². The van der Waals surface area contributed by atoms with Crippen LogP contribution in [0.25, 0.3) is 20.9 Å². The van der Waals surface area contributed by atoms with Crippen molar-refractivity contribution in [1.82, 2.24) is 14.9 Å². The molecule has 0 unspecified atom stereocenters. The molecule has 0 spiro atoms. The number of aryl methyl sites for hydroxylation is 2. The maximum absolute atomic E-state index is 12.3. The van der Waals surface area contributed by atoms with E-state index in [0.717, 1.165) is 58.5 Å². The van der Waals surface area contributed by atoms with Gasteiger partial charge in [0, 0.05) is 31.1 Å². The van der Waals surface area contributed by atoms with Crippen molar-refractivity contribution >= 4 is 44.6 Å². The van der Waals surface area contributed by atoms with E-state index in [-0.39, 0.29) is 5.91 Å². The van der Waals surface area contributed by atoms with Crippen molar-refractivity contribution in [3.63, 3.8) is 0 Å². The predicted molar refractivity (Wildman–Crippen MR) is 132 cm³/mol. The van der Waals surface area contributed by atoms with Gasteiger partial charge >= 0.3 is 0 Å². The van der Waals surface area contributed by atoms with E-state index in [0.29, 0.717) is 0 Å². The molecule has 4 aromatic rings. The third-order valence-corrected chi connectivity index (χ3v) is 8.08. The van der Waals surface area contributed by atoms with Crippen LogP contribution in [0.2, 0.25) is 0 Å². The summed E-state index contributed by atoms with van der Waals surface area (Å²) in [5, 5.41) is 3.20. The molecule has 0 radical (unpaired) electrons. The monoisotopic (exact) mass is 463 g/mol. The summed E-state index contributed by atoms with van der Waals surface area (Å²) in [7, 11) is 0. The molecule has 4 heterocycles. The molecule has 5 rings (SSSR count). The second-order valence-electron chi connectivity index (χ2n) is 8.05. The van der Waals surface area contributed by atoms with Crippen LogP contribution in [0.15, 0.2) is 47.8 Å². The highest BCUT2D eigenvalue weighted by atomic mass is 32.1. The summed E-state index contributed by atoms with van der Waals surface area (Å²) in [6, 6.07) is 13.5. The molecule has 2 N–H and O–H groups in total. The largest absolute Gasteiger partial charge is 0.368 e. The molecule has 164 valence electrons. The van der Waals surface area contributed by atoms with Crippen molar-refractivity contribution in [1.29, 1.82) is 0 Å². The van der Waals surface area contributed by atoms with Gasteiger partial charge in [-0.2, -0.15) is 0 Å². The van der Waals surface area contributed by atoms with Gasteiger partial charge in [0.2, 0.25) is 5.91 Å². The van der Waals surface area contributed by atoms with Crippen LogP contribution in [0.4, 0.5) is 5.82 Å². The number of hydrogen-bond donors (Lipinski definition) is 1. The van der Waals surface area contributed by atoms with Crippen LogP contribution < -0.4 is 10.6 Å². The first kappa shape index (κ1) is 21.1.